The predicted molar refractivity (Wildman–Crippen MR) is 150 cm³/mol. The molecule has 1 aromatic carbocycles. The Labute approximate surface area is 222 Å². The molecule has 1 fully saturated rings. The van der Waals surface area contributed by atoms with E-state index in [1.165, 1.54) is 0 Å². The lowest BCUT2D eigenvalue weighted by molar-refractivity contribution is -0.116. The fourth-order valence-corrected chi connectivity index (χ4v) is 5.32. The van der Waals surface area contributed by atoms with Gasteiger partial charge in [0.15, 0.2) is 5.11 Å². The summed E-state index contributed by atoms with van der Waals surface area (Å²) in [7, 11) is 0. The van der Waals surface area contributed by atoms with Crippen LogP contribution in [0.25, 0.3) is 5.82 Å². The van der Waals surface area contributed by atoms with Gasteiger partial charge in [-0.2, -0.15) is 0 Å². The van der Waals surface area contributed by atoms with Crippen LogP contribution < -0.4 is 10.6 Å². The first-order valence-corrected chi connectivity index (χ1v) is 12.8. The SMILES string of the molecule is Cc1ccc(-n2c(C)cc([C@@H]3[C@H](c4ccccn4)NC(=S)N3CCC(=O)Nc3ccccc3)c2C)nc1. The topological polar surface area (TPSA) is 75.1 Å². The Morgan fingerprint density at radius 3 is 2.51 bits per heavy atom. The second kappa shape index (κ2) is 10.5. The van der Waals surface area contributed by atoms with Crippen LogP contribution in [-0.2, 0) is 4.79 Å². The highest BCUT2D eigenvalue weighted by Crippen LogP contribution is 2.41. The van der Waals surface area contributed by atoms with Crippen LogP contribution in [0, 0.1) is 20.8 Å². The van der Waals surface area contributed by atoms with Gasteiger partial charge < -0.3 is 20.1 Å². The highest BCUT2D eigenvalue weighted by Gasteiger charge is 2.41. The molecule has 3 aromatic heterocycles. The van der Waals surface area contributed by atoms with E-state index >= 15 is 0 Å². The van der Waals surface area contributed by atoms with Crippen molar-refractivity contribution in [1.82, 2.24) is 24.8 Å². The summed E-state index contributed by atoms with van der Waals surface area (Å²) >= 11 is 5.80. The number of aryl methyl sites for hydroxylation is 2. The third-order valence-corrected chi connectivity index (χ3v) is 7.10. The Kier molecular flexibility index (Phi) is 7.01. The Morgan fingerprint density at radius 2 is 1.81 bits per heavy atom. The van der Waals surface area contributed by atoms with Crippen molar-refractivity contribution >= 4 is 28.9 Å². The fraction of sp³-hybridized carbons (Fsp3) is 0.241. The molecule has 37 heavy (non-hydrogen) atoms. The molecular weight excluding hydrogens is 480 g/mol. The lowest BCUT2D eigenvalue weighted by atomic mass is 9.96. The van der Waals surface area contributed by atoms with E-state index in [-0.39, 0.29) is 18.0 Å². The number of aromatic nitrogens is 3. The average Bonchev–Trinajstić information content (AvgIpc) is 3.39. The van der Waals surface area contributed by atoms with Gasteiger partial charge in [0.05, 0.1) is 17.8 Å². The van der Waals surface area contributed by atoms with Crippen LogP contribution in [-0.4, -0.2) is 37.0 Å². The number of carbonyl (C=O) groups excluding carboxylic acids is 1. The Morgan fingerprint density at radius 1 is 1.03 bits per heavy atom. The summed E-state index contributed by atoms with van der Waals surface area (Å²) < 4.78 is 2.17. The van der Waals surface area contributed by atoms with Gasteiger partial charge in [-0.3, -0.25) is 9.78 Å². The summed E-state index contributed by atoms with van der Waals surface area (Å²) in [6.07, 6.45) is 3.99. The van der Waals surface area contributed by atoms with Crippen molar-refractivity contribution in [2.75, 3.05) is 11.9 Å². The maximum atomic E-state index is 12.8. The van der Waals surface area contributed by atoms with Crippen LogP contribution >= 0.6 is 12.2 Å². The maximum absolute atomic E-state index is 12.8. The molecule has 5 rings (SSSR count). The normalized spacial score (nSPS) is 17.1. The molecular formula is C29H30N6OS. The monoisotopic (exact) mass is 510 g/mol. The van der Waals surface area contributed by atoms with Crippen LogP contribution in [0.5, 0.6) is 0 Å². The van der Waals surface area contributed by atoms with E-state index in [0.717, 1.165) is 39.7 Å². The van der Waals surface area contributed by atoms with Crippen molar-refractivity contribution in [3.05, 3.63) is 107 Å². The van der Waals surface area contributed by atoms with Gasteiger partial charge >= 0.3 is 0 Å². The molecule has 4 heterocycles. The molecule has 0 spiro atoms. The van der Waals surface area contributed by atoms with Crippen molar-refractivity contribution in [3.63, 3.8) is 0 Å². The third-order valence-electron chi connectivity index (χ3n) is 6.75. The summed E-state index contributed by atoms with van der Waals surface area (Å²) in [5.41, 5.74) is 6.11. The maximum Gasteiger partial charge on any atom is 0.226 e. The number of nitrogens with zero attached hydrogens (tertiary/aromatic N) is 4. The standard InChI is InChI=1S/C29H30N6OS/c1-19-12-13-25(31-18-19)35-20(2)17-23(21(35)3)28-27(24-11-7-8-15-30-24)33-29(37)34(28)16-14-26(36)32-22-9-5-4-6-10-22/h4-13,15,17-18,27-28H,14,16H2,1-3H3,(H,32,36)(H,33,37)/t27-,28+/m0/s1. The molecule has 4 aromatic rings. The molecule has 7 nitrogen and oxygen atoms in total. The van der Waals surface area contributed by atoms with E-state index in [9.17, 15) is 4.79 Å². The fourth-order valence-electron chi connectivity index (χ4n) is 4.98. The summed E-state index contributed by atoms with van der Waals surface area (Å²) in [6, 6.07) is 21.4. The molecule has 188 valence electrons. The van der Waals surface area contributed by atoms with Gasteiger partial charge in [-0.15, -0.1) is 0 Å². The Balaban J connectivity index is 1.47. The molecule has 2 atom stereocenters. The lowest BCUT2D eigenvalue weighted by Gasteiger charge is -2.28. The Hall–Kier alpha value is -4.04. The van der Waals surface area contributed by atoms with E-state index < -0.39 is 0 Å². The first-order chi connectivity index (χ1) is 17.9. The lowest BCUT2D eigenvalue weighted by Crippen LogP contribution is -2.32. The smallest absolute Gasteiger partial charge is 0.226 e. The number of rotatable bonds is 7. The highest BCUT2D eigenvalue weighted by atomic mass is 32.1. The van der Waals surface area contributed by atoms with Crippen molar-refractivity contribution < 1.29 is 4.79 Å². The van der Waals surface area contributed by atoms with Gasteiger partial charge in [-0.1, -0.05) is 30.3 Å². The third kappa shape index (κ3) is 5.11. The van der Waals surface area contributed by atoms with Crippen molar-refractivity contribution in [1.29, 1.82) is 0 Å². The van der Waals surface area contributed by atoms with Crippen LogP contribution in [0.3, 0.4) is 0 Å². The molecule has 0 aliphatic carbocycles. The largest absolute Gasteiger partial charge is 0.352 e. The first kappa shape index (κ1) is 24.6. The minimum Gasteiger partial charge on any atom is -0.352 e. The molecule has 8 heteroatoms. The zero-order valence-corrected chi connectivity index (χ0v) is 22.0. The Bertz CT molecular complexity index is 1400. The second-order valence-corrected chi connectivity index (χ2v) is 9.73. The molecule has 1 aliphatic rings. The van der Waals surface area contributed by atoms with E-state index in [2.05, 4.69) is 56.0 Å². The van der Waals surface area contributed by atoms with Gasteiger partial charge in [0.1, 0.15) is 5.82 Å². The number of para-hydroxylation sites is 1. The number of thiocarbonyl (C=S) groups is 1. The molecule has 0 saturated carbocycles. The number of carbonyl (C=O) groups is 1. The second-order valence-electron chi connectivity index (χ2n) is 9.34. The van der Waals surface area contributed by atoms with Crippen LogP contribution in [0.2, 0.25) is 0 Å². The molecule has 0 bridgehead atoms. The van der Waals surface area contributed by atoms with Gasteiger partial charge in [0.2, 0.25) is 5.91 Å². The number of benzene rings is 1. The molecule has 1 saturated heterocycles. The number of nitrogens with one attached hydrogen (secondary N) is 2. The van der Waals surface area contributed by atoms with Gasteiger partial charge in [-0.05, 0) is 80.5 Å². The number of hydrogen-bond donors (Lipinski definition) is 2. The minimum atomic E-state index is -0.147. The van der Waals surface area contributed by atoms with Crippen molar-refractivity contribution in [2.24, 2.45) is 0 Å². The van der Waals surface area contributed by atoms with Gasteiger partial charge in [0, 0.05) is 42.4 Å². The zero-order chi connectivity index (χ0) is 25.9. The van der Waals surface area contributed by atoms with Crippen molar-refractivity contribution in [2.45, 2.75) is 39.3 Å². The molecule has 0 unspecified atom stereocenters. The predicted octanol–water partition coefficient (Wildman–Crippen LogP) is 5.19. The van der Waals surface area contributed by atoms with Crippen LogP contribution in [0.1, 0.15) is 46.7 Å². The summed E-state index contributed by atoms with van der Waals surface area (Å²) in [5, 5.41) is 7.08. The summed E-state index contributed by atoms with van der Waals surface area (Å²) in [5.74, 6) is 0.826. The van der Waals surface area contributed by atoms with E-state index in [4.69, 9.17) is 12.2 Å². The van der Waals surface area contributed by atoms with Crippen LogP contribution in [0.15, 0.2) is 79.1 Å². The average molecular weight is 511 g/mol. The quantitative estimate of drug-likeness (QED) is 0.333. The minimum absolute atomic E-state index is 0.0524. The number of pyridine rings is 2. The number of hydrogen-bond acceptors (Lipinski definition) is 4. The van der Waals surface area contributed by atoms with E-state index in [1.807, 2.05) is 67.7 Å². The summed E-state index contributed by atoms with van der Waals surface area (Å²) in [4.78, 5) is 24.2. The van der Waals surface area contributed by atoms with E-state index in [0.29, 0.717) is 18.1 Å². The summed E-state index contributed by atoms with van der Waals surface area (Å²) in [6.45, 7) is 6.71. The first-order valence-electron chi connectivity index (χ1n) is 12.4. The van der Waals surface area contributed by atoms with E-state index in [1.54, 1.807) is 6.20 Å². The zero-order valence-electron chi connectivity index (χ0n) is 21.2. The molecule has 1 amide bonds. The number of anilines is 1. The van der Waals surface area contributed by atoms with Crippen molar-refractivity contribution in [3.8, 4) is 5.82 Å². The molecule has 1 aliphatic heterocycles. The molecule has 0 radical (unpaired) electrons. The molecule has 2 N–H and O–H groups in total. The van der Waals surface area contributed by atoms with Gasteiger partial charge in [-0.25, -0.2) is 4.98 Å². The van der Waals surface area contributed by atoms with Crippen LogP contribution in [0.4, 0.5) is 5.69 Å². The van der Waals surface area contributed by atoms with Gasteiger partial charge in [0.25, 0.3) is 0 Å². The number of amides is 1. The highest BCUT2D eigenvalue weighted by molar-refractivity contribution is 7.80.